The first-order valence-corrected chi connectivity index (χ1v) is 4.14. The summed E-state index contributed by atoms with van der Waals surface area (Å²) in [7, 11) is 4.29. The quantitative estimate of drug-likeness (QED) is 0.678. The highest BCUT2D eigenvalue weighted by Crippen LogP contribution is 2.09. The molecular weight excluding hydrogens is 160 g/mol. The van der Waals surface area contributed by atoms with E-state index in [9.17, 15) is 0 Å². The van der Waals surface area contributed by atoms with Gasteiger partial charge in [-0.3, -0.25) is 0 Å². The third-order valence-corrected chi connectivity index (χ3v) is 2.02. The molecule has 1 saturated heterocycles. The molecule has 0 unspecified atom stereocenters. The van der Waals surface area contributed by atoms with Crippen LogP contribution in [-0.2, 0) is 0 Å². The molecule has 0 radical (unpaired) electrons. The van der Waals surface area contributed by atoms with Crippen LogP contribution >= 0.6 is 12.4 Å². The number of rotatable bonds is 2. The smallest absolute Gasteiger partial charge is 0.00157 e. The Kier molecular flexibility index (Phi) is 5.92. The molecule has 0 saturated carbocycles. The highest BCUT2D eigenvalue weighted by atomic mass is 35.5. The van der Waals surface area contributed by atoms with Crippen LogP contribution in [0.25, 0.3) is 0 Å². The van der Waals surface area contributed by atoms with E-state index in [1.807, 2.05) is 0 Å². The van der Waals surface area contributed by atoms with Crippen LogP contribution in [0.15, 0.2) is 0 Å². The second-order valence-corrected chi connectivity index (χ2v) is 3.47. The van der Waals surface area contributed by atoms with Crippen LogP contribution in [0.4, 0.5) is 0 Å². The van der Waals surface area contributed by atoms with Crippen molar-refractivity contribution in [1.29, 1.82) is 0 Å². The maximum Gasteiger partial charge on any atom is 0.00157 e. The lowest BCUT2D eigenvalue weighted by Crippen LogP contribution is -2.35. The van der Waals surface area contributed by atoms with Gasteiger partial charge in [-0.1, -0.05) is 0 Å². The van der Waals surface area contributed by atoms with E-state index in [4.69, 9.17) is 0 Å². The van der Waals surface area contributed by atoms with E-state index in [1.54, 1.807) is 0 Å². The Morgan fingerprint density at radius 2 is 2.18 bits per heavy atom. The van der Waals surface area contributed by atoms with E-state index >= 15 is 0 Å². The SMILES string of the molecule is CN(C)C[C@@H]1CCCNC1.Cl. The summed E-state index contributed by atoms with van der Waals surface area (Å²) in [4.78, 5) is 2.28. The monoisotopic (exact) mass is 178 g/mol. The van der Waals surface area contributed by atoms with Crippen LogP contribution in [0.5, 0.6) is 0 Å². The number of halogens is 1. The summed E-state index contributed by atoms with van der Waals surface area (Å²) >= 11 is 0. The van der Waals surface area contributed by atoms with Gasteiger partial charge in [-0.2, -0.15) is 0 Å². The molecule has 1 N–H and O–H groups in total. The topological polar surface area (TPSA) is 15.3 Å². The maximum atomic E-state index is 3.41. The fraction of sp³-hybridized carbons (Fsp3) is 1.00. The van der Waals surface area contributed by atoms with Crippen molar-refractivity contribution in [1.82, 2.24) is 10.2 Å². The molecule has 1 aliphatic rings. The van der Waals surface area contributed by atoms with Crippen LogP contribution in [-0.4, -0.2) is 38.6 Å². The van der Waals surface area contributed by atoms with Gasteiger partial charge in [-0.15, -0.1) is 12.4 Å². The molecule has 0 aliphatic carbocycles. The minimum atomic E-state index is 0. The summed E-state index contributed by atoms with van der Waals surface area (Å²) in [5.41, 5.74) is 0. The molecule has 3 heteroatoms. The molecule has 2 nitrogen and oxygen atoms in total. The van der Waals surface area contributed by atoms with Gasteiger partial charge in [0.25, 0.3) is 0 Å². The molecule has 1 atom stereocenters. The summed E-state index contributed by atoms with van der Waals surface area (Å²) in [6.45, 7) is 3.69. The highest BCUT2D eigenvalue weighted by Gasteiger charge is 2.12. The average molecular weight is 179 g/mol. The lowest BCUT2D eigenvalue weighted by Gasteiger charge is -2.25. The maximum absolute atomic E-state index is 3.41. The Hall–Kier alpha value is 0.210. The molecule has 0 aromatic rings. The molecule has 0 aromatic heterocycles. The standard InChI is InChI=1S/C8H18N2.ClH/c1-10(2)7-8-4-3-5-9-6-8;/h8-9H,3-7H2,1-2H3;1H/t8-;/m1./s1. The minimum Gasteiger partial charge on any atom is -0.316 e. The second kappa shape index (κ2) is 5.81. The number of nitrogens with one attached hydrogen (secondary N) is 1. The van der Waals surface area contributed by atoms with Gasteiger partial charge in [0.05, 0.1) is 0 Å². The molecule has 0 spiro atoms. The fourth-order valence-electron chi connectivity index (χ4n) is 1.60. The average Bonchev–Trinajstić information content (AvgIpc) is 1.88. The first kappa shape index (κ1) is 11.2. The predicted molar refractivity (Wildman–Crippen MR) is 51.4 cm³/mol. The summed E-state index contributed by atoms with van der Waals surface area (Å²) in [5.74, 6) is 0.892. The van der Waals surface area contributed by atoms with Crippen LogP contribution in [0.2, 0.25) is 0 Å². The van der Waals surface area contributed by atoms with Crippen molar-refractivity contribution in [3.8, 4) is 0 Å². The number of nitrogens with zero attached hydrogens (tertiary/aromatic N) is 1. The molecule has 1 rings (SSSR count). The molecule has 68 valence electrons. The van der Waals surface area contributed by atoms with E-state index < -0.39 is 0 Å². The summed E-state index contributed by atoms with van der Waals surface area (Å²) < 4.78 is 0. The fourth-order valence-corrected chi connectivity index (χ4v) is 1.60. The molecule has 11 heavy (non-hydrogen) atoms. The van der Waals surface area contributed by atoms with Crippen LogP contribution in [0, 0.1) is 5.92 Å². The van der Waals surface area contributed by atoms with Crippen molar-refractivity contribution in [2.45, 2.75) is 12.8 Å². The molecule has 0 aromatic carbocycles. The van der Waals surface area contributed by atoms with Gasteiger partial charge >= 0.3 is 0 Å². The lowest BCUT2D eigenvalue weighted by atomic mass is 9.99. The van der Waals surface area contributed by atoms with Gasteiger partial charge in [-0.25, -0.2) is 0 Å². The normalized spacial score (nSPS) is 24.8. The van der Waals surface area contributed by atoms with Gasteiger partial charge < -0.3 is 10.2 Å². The molecule has 1 heterocycles. The van der Waals surface area contributed by atoms with Crippen molar-refractivity contribution in [2.75, 3.05) is 33.7 Å². The first-order chi connectivity index (χ1) is 4.79. The van der Waals surface area contributed by atoms with E-state index in [0.717, 1.165) is 5.92 Å². The Morgan fingerprint density at radius 3 is 2.64 bits per heavy atom. The second-order valence-electron chi connectivity index (χ2n) is 3.47. The zero-order valence-electron chi connectivity index (χ0n) is 7.47. The van der Waals surface area contributed by atoms with Gasteiger partial charge in [0.1, 0.15) is 0 Å². The number of piperidine rings is 1. The van der Waals surface area contributed by atoms with Crippen LogP contribution in [0.1, 0.15) is 12.8 Å². The minimum absolute atomic E-state index is 0. The molecular formula is C8H19ClN2. The van der Waals surface area contributed by atoms with Gasteiger partial charge in [0.2, 0.25) is 0 Å². The van der Waals surface area contributed by atoms with Crippen LogP contribution < -0.4 is 5.32 Å². The van der Waals surface area contributed by atoms with Crippen molar-refractivity contribution in [3.05, 3.63) is 0 Å². The molecule has 0 amide bonds. The van der Waals surface area contributed by atoms with E-state index in [2.05, 4.69) is 24.3 Å². The van der Waals surface area contributed by atoms with E-state index in [0.29, 0.717) is 0 Å². The van der Waals surface area contributed by atoms with Crippen molar-refractivity contribution >= 4 is 12.4 Å². The third-order valence-electron chi connectivity index (χ3n) is 2.02. The zero-order valence-corrected chi connectivity index (χ0v) is 8.28. The van der Waals surface area contributed by atoms with Gasteiger partial charge in [0, 0.05) is 6.54 Å². The Morgan fingerprint density at radius 1 is 1.45 bits per heavy atom. The number of hydrogen-bond acceptors (Lipinski definition) is 2. The van der Waals surface area contributed by atoms with Gasteiger partial charge in [-0.05, 0) is 45.9 Å². The third kappa shape index (κ3) is 4.62. The summed E-state index contributed by atoms with van der Waals surface area (Å²) in [6, 6.07) is 0. The largest absolute Gasteiger partial charge is 0.316 e. The molecule has 1 aliphatic heterocycles. The number of hydrogen-bond donors (Lipinski definition) is 1. The van der Waals surface area contributed by atoms with E-state index in [-0.39, 0.29) is 12.4 Å². The predicted octanol–water partition coefficient (Wildman–Crippen LogP) is 0.969. The van der Waals surface area contributed by atoms with Crippen molar-refractivity contribution in [2.24, 2.45) is 5.92 Å². The van der Waals surface area contributed by atoms with E-state index in [1.165, 1.54) is 32.5 Å². The van der Waals surface area contributed by atoms with Crippen molar-refractivity contribution < 1.29 is 0 Å². The highest BCUT2D eigenvalue weighted by molar-refractivity contribution is 5.85. The summed E-state index contributed by atoms with van der Waals surface area (Å²) in [5, 5.41) is 3.41. The Labute approximate surface area is 75.8 Å². The Bertz CT molecular complexity index is 90.1. The molecule has 0 bridgehead atoms. The first-order valence-electron chi connectivity index (χ1n) is 4.14. The lowest BCUT2D eigenvalue weighted by molar-refractivity contribution is 0.276. The van der Waals surface area contributed by atoms with Crippen LogP contribution in [0.3, 0.4) is 0 Å². The van der Waals surface area contributed by atoms with Crippen molar-refractivity contribution in [3.63, 3.8) is 0 Å². The Balaban J connectivity index is 0.000001000. The summed E-state index contributed by atoms with van der Waals surface area (Å²) in [6.07, 6.45) is 2.77. The zero-order chi connectivity index (χ0) is 7.40. The molecule has 1 fully saturated rings. The van der Waals surface area contributed by atoms with Gasteiger partial charge in [0.15, 0.2) is 0 Å².